The first kappa shape index (κ1) is 13.7. The van der Waals surface area contributed by atoms with E-state index in [4.69, 9.17) is 9.26 Å². The van der Waals surface area contributed by atoms with E-state index in [0.29, 0.717) is 17.5 Å². The number of aromatic nitrogens is 2. The Morgan fingerprint density at radius 3 is 3.32 bits per heavy atom. The molecule has 2 aliphatic rings. The molecule has 6 heteroatoms. The van der Waals surface area contributed by atoms with Gasteiger partial charge >= 0.3 is 0 Å². The highest BCUT2D eigenvalue weighted by atomic mass is 19.1. The zero-order valence-electron chi connectivity index (χ0n) is 12.2. The highest BCUT2D eigenvalue weighted by Crippen LogP contribution is 2.47. The van der Waals surface area contributed by atoms with Gasteiger partial charge in [-0.1, -0.05) is 17.6 Å². The molecule has 1 saturated carbocycles. The Bertz CT molecular complexity index is 663. The molecule has 116 valence electrons. The smallest absolute Gasteiger partial charge is 0.234 e. The van der Waals surface area contributed by atoms with Crippen LogP contribution in [-0.2, 0) is 12.0 Å². The Kier molecular flexibility index (Phi) is 3.33. The average Bonchev–Trinajstić information content (AvgIpc) is 3.20. The molecule has 2 atom stereocenters. The molecule has 0 unspecified atom stereocenters. The van der Waals surface area contributed by atoms with Crippen LogP contribution in [0.1, 0.15) is 31.0 Å². The number of benzene rings is 1. The number of ether oxygens (including phenoxy) is 1. The minimum atomic E-state index is -0.323. The van der Waals surface area contributed by atoms with E-state index >= 15 is 0 Å². The van der Waals surface area contributed by atoms with Crippen LogP contribution in [0, 0.1) is 11.7 Å². The summed E-state index contributed by atoms with van der Waals surface area (Å²) in [6.07, 6.45) is 3.52. The molecule has 1 saturated heterocycles. The van der Waals surface area contributed by atoms with Gasteiger partial charge in [0, 0.05) is 12.6 Å². The zero-order valence-corrected chi connectivity index (χ0v) is 12.2. The van der Waals surface area contributed by atoms with Crippen LogP contribution in [0.2, 0.25) is 0 Å². The van der Waals surface area contributed by atoms with Gasteiger partial charge in [-0.2, -0.15) is 4.98 Å². The number of hydrogen-bond acceptors (Lipinski definition) is 5. The molecular weight excluding hydrogens is 285 g/mol. The van der Waals surface area contributed by atoms with Crippen LogP contribution in [0.15, 0.2) is 28.8 Å². The predicted octanol–water partition coefficient (Wildman–Crippen LogP) is 2.43. The van der Waals surface area contributed by atoms with Gasteiger partial charge in [-0.15, -0.1) is 0 Å². The second-order valence-corrected chi connectivity index (χ2v) is 6.14. The molecule has 4 rings (SSSR count). The molecule has 1 aliphatic carbocycles. The number of halogens is 1. The monoisotopic (exact) mass is 303 g/mol. The van der Waals surface area contributed by atoms with Gasteiger partial charge in [-0.25, -0.2) is 4.39 Å². The third kappa shape index (κ3) is 2.27. The van der Waals surface area contributed by atoms with E-state index in [-0.39, 0.29) is 17.8 Å². The van der Waals surface area contributed by atoms with E-state index in [1.165, 1.54) is 25.0 Å². The van der Waals surface area contributed by atoms with Crippen LogP contribution >= 0.6 is 0 Å². The maximum atomic E-state index is 13.1. The van der Waals surface area contributed by atoms with Crippen molar-refractivity contribution in [1.82, 2.24) is 15.5 Å². The van der Waals surface area contributed by atoms with Crippen molar-refractivity contribution in [3.8, 4) is 5.75 Å². The lowest BCUT2D eigenvalue weighted by atomic mass is 9.80. The van der Waals surface area contributed by atoms with Gasteiger partial charge in [0.25, 0.3) is 0 Å². The van der Waals surface area contributed by atoms with E-state index in [1.54, 1.807) is 12.1 Å². The average molecular weight is 303 g/mol. The number of fused-ring (bicyclic) bond motifs is 1. The van der Waals surface area contributed by atoms with Crippen molar-refractivity contribution < 1.29 is 13.7 Å². The van der Waals surface area contributed by atoms with Crippen molar-refractivity contribution in [3.63, 3.8) is 0 Å². The molecule has 2 aromatic rings. The van der Waals surface area contributed by atoms with E-state index in [0.717, 1.165) is 25.4 Å². The summed E-state index contributed by atoms with van der Waals surface area (Å²) in [4.78, 5) is 4.53. The minimum Gasteiger partial charge on any atom is -0.485 e. The van der Waals surface area contributed by atoms with Crippen LogP contribution in [0.3, 0.4) is 0 Å². The maximum Gasteiger partial charge on any atom is 0.234 e. The second kappa shape index (κ2) is 5.35. The van der Waals surface area contributed by atoms with E-state index < -0.39 is 0 Å². The Balaban J connectivity index is 1.48. The summed E-state index contributed by atoms with van der Waals surface area (Å²) in [5, 5.41) is 7.46. The first-order chi connectivity index (χ1) is 10.8. The lowest BCUT2D eigenvalue weighted by molar-refractivity contribution is 0.257. The van der Waals surface area contributed by atoms with Gasteiger partial charge in [0.2, 0.25) is 11.7 Å². The van der Waals surface area contributed by atoms with Crippen molar-refractivity contribution in [2.24, 2.45) is 5.92 Å². The Morgan fingerprint density at radius 2 is 2.41 bits per heavy atom. The largest absolute Gasteiger partial charge is 0.485 e. The van der Waals surface area contributed by atoms with Gasteiger partial charge in [0.1, 0.15) is 11.6 Å². The highest BCUT2D eigenvalue weighted by molar-refractivity contribution is 5.22. The third-order valence-electron chi connectivity index (χ3n) is 4.85. The molecule has 0 bridgehead atoms. The van der Waals surface area contributed by atoms with Gasteiger partial charge in [-0.3, -0.25) is 0 Å². The van der Waals surface area contributed by atoms with Crippen molar-refractivity contribution in [1.29, 1.82) is 0 Å². The van der Waals surface area contributed by atoms with E-state index in [1.807, 2.05) is 0 Å². The van der Waals surface area contributed by atoms with Crippen molar-refractivity contribution in [2.75, 3.05) is 13.1 Å². The number of nitrogens with one attached hydrogen (secondary N) is 1. The Labute approximate surface area is 127 Å². The Hall–Kier alpha value is -1.95. The van der Waals surface area contributed by atoms with Crippen molar-refractivity contribution in [3.05, 3.63) is 41.8 Å². The highest BCUT2D eigenvalue weighted by Gasteiger charge is 2.51. The molecular formula is C16H18FN3O2. The molecule has 1 aliphatic heterocycles. The van der Waals surface area contributed by atoms with Gasteiger partial charge in [0.05, 0.1) is 5.41 Å². The van der Waals surface area contributed by atoms with Gasteiger partial charge in [0.15, 0.2) is 6.61 Å². The van der Waals surface area contributed by atoms with Crippen LogP contribution < -0.4 is 10.1 Å². The molecule has 2 heterocycles. The fourth-order valence-electron chi connectivity index (χ4n) is 3.72. The molecule has 0 radical (unpaired) electrons. The van der Waals surface area contributed by atoms with Gasteiger partial charge < -0.3 is 14.6 Å². The van der Waals surface area contributed by atoms with Crippen molar-refractivity contribution in [2.45, 2.75) is 31.3 Å². The summed E-state index contributed by atoms with van der Waals surface area (Å²) in [6, 6.07) is 6.04. The molecule has 22 heavy (non-hydrogen) atoms. The predicted molar refractivity (Wildman–Crippen MR) is 76.9 cm³/mol. The minimum absolute atomic E-state index is 0.00407. The van der Waals surface area contributed by atoms with Crippen molar-refractivity contribution >= 4 is 0 Å². The number of hydrogen-bond donors (Lipinski definition) is 1. The van der Waals surface area contributed by atoms with E-state index in [2.05, 4.69) is 15.5 Å². The summed E-state index contributed by atoms with van der Waals surface area (Å²) in [7, 11) is 0. The topological polar surface area (TPSA) is 60.2 Å². The summed E-state index contributed by atoms with van der Waals surface area (Å²) >= 11 is 0. The zero-order chi connectivity index (χ0) is 15.0. The summed E-state index contributed by atoms with van der Waals surface area (Å²) in [5.74, 6) is 1.95. The summed E-state index contributed by atoms with van der Waals surface area (Å²) in [6.45, 7) is 2.11. The van der Waals surface area contributed by atoms with Crippen LogP contribution in [0.25, 0.3) is 0 Å². The number of rotatable bonds is 4. The normalized spacial score (nSPS) is 27.0. The molecule has 2 fully saturated rings. The molecule has 5 nitrogen and oxygen atoms in total. The number of nitrogens with zero attached hydrogens (tertiary/aromatic N) is 2. The van der Waals surface area contributed by atoms with Crippen LogP contribution in [-0.4, -0.2) is 23.2 Å². The molecule has 0 spiro atoms. The molecule has 1 aromatic heterocycles. The first-order valence-corrected chi connectivity index (χ1v) is 7.68. The summed E-state index contributed by atoms with van der Waals surface area (Å²) < 4.78 is 24.1. The fraction of sp³-hybridized carbons (Fsp3) is 0.500. The third-order valence-corrected chi connectivity index (χ3v) is 4.85. The first-order valence-electron chi connectivity index (χ1n) is 7.68. The lowest BCUT2D eigenvalue weighted by Crippen LogP contribution is -2.31. The maximum absolute atomic E-state index is 13.1. The van der Waals surface area contributed by atoms with Gasteiger partial charge in [-0.05, 0) is 37.4 Å². The molecule has 0 amide bonds. The fourth-order valence-corrected chi connectivity index (χ4v) is 3.72. The van der Waals surface area contributed by atoms with Crippen LogP contribution in [0.5, 0.6) is 5.75 Å². The second-order valence-electron chi connectivity index (χ2n) is 6.14. The molecule has 1 aromatic carbocycles. The lowest BCUT2D eigenvalue weighted by Gasteiger charge is -2.22. The quantitative estimate of drug-likeness (QED) is 0.940. The molecule has 1 N–H and O–H groups in total. The SMILES string of the molecule is Fc1cccc(OCc2noc([C@@]34CCC[C@@H]3CNC4)n2)c1. The summed E-state index contributed by atoms with van der Waals surface area (Å²) in [5.41, 5.74) is 0.00407. The standard InChI is InChI=1S/C16H18FN3O2/c17-12-4-1-5-13(7-12)21-9-14-19-15(22-20-14)16-6-2-3-11(16)8-18-10-16/h1,4-5,7,11,18H,2-3,6,8-10H2/t11-,16-/m1/s1. The van der Waals surface area contributed by atoms with Crippen LogP contribution in [0.4, 0.5) is 4.39 Å². The Morgan fingerprint density at radius 1 is 1.45 bits per heavy atom. The van der Waals surface area contributed by atoms with E-state index in [9.17, 15) is 4.39 Å².